The molecule has 10 heteroatoms. The van der Waals surface area contributed by atoms with Gasteiger partial charge in [0.05, 0.1) is 42.5 Å². The minimum absolute atomic E-state index is 0.0181. The van der Waals surface area contributed by atoms with Gasteiger partial charge in [-0.3, -0.25) is 9.59 Å². The summed E-state index contributed by atoms with van der Waals surface area (Å²) in [5.74, 6) is -1.44. The number of carbonyl (C=O) groups is 2. The van der Waals surface area contributed by atoms with E-state index in [1.165, 1.54) is 0 Å². The van der Waals surface area contributed by atoms with E-state index >= 15 is 0 Å². The maximum absolute atomic E-state index is 13.0. The molecule has 8 aliphatic rings. The minimum Gasteiger partial charge on any atom is -0.481 e. The lowest BCUT2D eigenvalue weighted by Gasteiger charge is -2.65. The van der Waals surface area contributed by atoms with E-state index in [9.17, 15) is 50.4 Å². The highest BCUT2D eigenvalue weighted by Crippen LogP contribution is 2.72. The molecule has 330 valence electrons. The van der Waals surface area contributed by atoms with Crippen LogP contribution in [0, 0.1) is 98.6 Å². The summed E-state index contributed by atoms with van der Waals surface area (Å²) in [5, 5.41) is 91.8. The monoisotopic (exact) mass is 815 g/mol. The largest absolute Gasteiger partial charge is 0.481 e. The number of rotatable bonds is 9. The molecule has 0 bridgehead atoms. The first-order valence-electron chi connectivity index (χ1n) is 23.7. The second-order valence-electron chi connectivity index (χ2n) is 23.4. The summed E-state index contributed by atoms with van der Waals surface area (Å²) < 4.78 is 0. The molecule has 0 radical (unpaired) electrons. The fourth-order valence-electron chi connectivity index (χ4n) is 18.5. The van der Waals surface area contributed by atoms with E-state index < -0.39 is 58.7 Å². The number of hydrogen-bond donors (Lipinski definition) is 8. The highest BCUT2D eigenvalue weighted by atomic mass is 16.4. The molecule has 8 rings (SSSR count). The molecule has 8 fully saturated rings. The summed E-state index contributed by atoms with van der Waals surface area (Å²) in [4.78, 5) is 24.2. The van der Waals surface area contributed by atoms with Gasteiger partial charge in [-0.1, -0.05) is 41.5 Å². The summed E-state index contributed by atoms with van der Waals surface area (Å²) >= 11 is 0. The fourth-order valence-corrected chi connectivity index (χ4v) is 18.5. The number of carboxylic acid groups (broad SMARTS) is 2. The van der Waals surface area contributed by atoms with Crippen molar-refractivity contribution in [2.45, 2.75) is 187 Å². The van der Waals surface area contributed by atoms with E-state index in [4.69, 9.17) is 0 Å². The number of carboxylic acids is 2. The highest BCUT2D eigenvalue weighted by Gasteiger charge is 2.69. The molecule has 8 N–H and O–H groups in total. The summed E-state index contributed by atoms with van der Waals surface area (Å²) in [6.45, 7) is 13.3. The van der Waals surface area contributed by atoms with Gasteiger partial charge in [-0.2, -0.15) is 0 Å². The molecule has 10 nitrogen and oxygen atoms in total. The second kappa shape index (κ2) is 14.9. The second-order valence-corrected chi connectivity index (χ2v) is 23.4. The molecule has 23 atom stereocenters. The molecule has 0 heterocycles. The number of aliphatic hydroxyl groups is 6. The predicted molar refractivity (Wildman–Crippen MR) is 218 cm³/mol. The number of fused-ring (bicyclic) bond motifs is 10. The first-order valence-corrected chi connectivity index (χ1v) is 23.7. The third kappa shape index (κ3) is 6.34. The van der Waals surface area contributed by atoms with E-state index in [0.717, 1.165) is 38.5 Å². The number of aliphatic carboxylic acids is 2. The van der Waals surface area contributed by atoms with Crippen LogP contribution in [0.2, 0.25) is 0 Å². The van der Waals surface area contributed by atoms with Gasteiger partial charge in [0.1, 0.15) is 0 Å². The lowest BCUT2D eigenvalue weighted by molar-refractivity contribution is -0.228. The third-order valence-corrected chi connectivity index (χ3v) is 21.6. The van der Waals surface area contributed by atoms with Gasteiger partial charge in [-0.25, -0.2) is 0 Å². The van der Waals surface area contributed by atoms with E-state index in [0.29, 0.717) is 57.8 Å². The van der Waals surface area contributed by atoms with E-state index in [1.54, 1.807) is 0 Å². The molecule has 0 aromatic heterocycles. The molecule has 0 spiro atoms. The molecule has 8 aliphatic carbocycles. The lowest BCUT2D eigenvalue weighted by atomic mass is 9.41. The SMILES string of the molecule is C[C@H](CCC(=O)O)[C@H]1CCC2C3C(C[C@@H](O)[C@@]21C)[C@@]1(C)CC[C@@](O)(C(CC(=O)O)[C@@H](C)[C@H]2CC[C@H]4[C@@H]5[C@H](O)C[C@@H]6C[C@H](O)CC[C@]6(C)[C@H]5C[C@H](O)[C@]24C)CC1C[C@@H]3O. The van der Waals surface area contributed by atoms with Crippen LogP contribution in [0.1, 0.15) is 151 Å². The number of aliphatic hydroxyl groups excluding tert-OH is 5. The van der Waals surface area contributed by atoms with Crippen molar-refractivity contribution in [2.75, 3.05) is 0 Å². The summed E-state index contributed by atoms with van der Waals surface area (Å²) in [6, 6.07) is 0. The average molecular weight is 815 g/mol. The van der Waals surface area contributed by atoms with Gasteiger partial charge >= 0.3 is 11.9 Å². The summed E-state index contributed by atoms with van der Waals surface area (Å²) in [7, 11) is 0. The molecule has 0 aromatic carbocycles. The standard InChI is InChI=1S/C48H78O10/c1-24(7-12-40(54)55)29-8-10-31-42-35(21-38(52)46(29,31)5)45(4)15-16-48(58,23-27(45)19-37(42)51)33(22-41(56)57)25(2)30-9-11-32-43-34(20-39(53)47(30,32)6)44(3)14-13-28(49)17-26(44)18-36(43)50/h24-39,42-43,49-53,58H,7-23H2,1-6H3,(H,54,55)(H,56,57)/t24-,25+,26+,27?,28-,29-,30-,31?,32+,33?,34+,35?,36-,37+,38-,39+,42?,43+,44+,45+,46-,47-,48+/m1/s1. The molecule has 5 unspecified atom stereocenters. The van der Waals surface area contributed by atoms with Gasteiger partial charge in [0.2, 0.25) is 0 Å². The molecule has 58 heavy (non-hydrogen) atoms. The first kappa shape index (κ1) is 43.4. The Morgan fingerprint density at radius 2 is 1.16 bits per heavy atom. The Labute approximate surface area is 347 Å². The molecule has 0 aromatic rings. The van der Waals surface area contributed by atoms with Crippen molar-refractivity contribution in [2.24, 2.45) is 98.6 Å². The van der Waals surface area contributed by atoms with Crippen LogP contribution in [0.15, 0.2) is 0 Å². The van der Waals surface area contributed by atoms with Gasteiger partial charge in [-0.05, 0) is 189 Å². The van der Waals surface area contributed by atoms with Crippen molar-refractivity contribution in [1.82, 2.24) is 0 Å². The summed E-state index contributed by atoms with van der Waals surface area (Å²) in [6.07, 6.45) is 7.74. The number of hydrogen-bond acceptors (Lipinski definition) is 8. The Bertz CT molecular complexity index is 1570. The van der Waals surface area contributed by atoms with E-state index in [-0.39, 0.29) is 101 Å². The van der Waals surface area contributed by atoms with Crippen LogP contribution in [0.4, 0.5) is 0 Å². The maximum atomic E-state index is 13.0. The van der Waals surface area contributed by atoms with Gasteiger partial charge < -0.3 is 40.9 Å². The third-order valence-electron chi connectivity index (χ3n) is 21.6. The maximum Gasteiger partial charge on any atom is 0.303 e. The Balaban J connectivity index is 1.03. The Morgan fingerprint density at radius 1 is 0.621 bits per heavy atom. The molecule has 0 aliphatic heterocycles. The van der Waals surface area contributed by atoms with Crippen LogP contribution in [-0.2, 0) is 9.59 Å². The van der Waals surface area contributed by atoms with Crippen LogP contribution in [0.3, 0.4) is 0 Å². The first-order chi connectivity index (χ1) is 27.1. The zero-order chi connectivity index (χ0) is 42.1. The van der Waals surface area contributed by atoms with Crippen LogP contribution in [0.5, 0.6) is 0 Å². The minimum atomic E-state index is -1.26. The topological polar surface area (TPSA) is 196 Å². The van der Waals surface area contributed by atoms with Crippen molar-refractivity contribution in [1.29, 1.82) is 0 Å². The Morgan fingerprint density at radius 3 is 1.72 bits per heavy atom. The molecule has 0 amide bonds. The Kier molecular flexibility index (Phi) is 11.1. The quantitative estimate of drug-likeness (QED) is 0.127. The molecule has 8 saturated carbocycles. The highest BCUT2D eigenvalue weighted by molar-refractivity contribution is 5.67. The normalized spacial score (nSPS) is 55.1. The van der Waals surface area contributed by atoms with Crippen molar-refractivity contribution < 1.29 is 50.4 Å². The summed E-state index contributed by atoms with van der Waals surface area (Å²) in [5.41, 5.74) is -2.47. The van der Waals surface area contributed by atoms with Crippen molar-refractivity contribution in [3.05, 3.63) is 0 Å². The fraction of sp³-hybridized carbons (Fsp3) is 0.958. The van der Waals surface area contributed by atoms with E-state index in [1.807, 2.05) is 0 Å². The molecular weight excluding hydrogens is 737 g/mol. The van der Waals surface area contributed by atoms with Gasteiger partial charge in [0.15, 0.2) is 0 Å². The van der Waals surface area contributed by atoms with Crippen molar-refractivity contribution in [3.8, 4) is 0 Å². The van der Waals surface area contributed by atoms with Crippen LogP contribution >= 0.6 is 0 Å². The van der Waals surface area contributed by atoms with E-state index in [2.05, 4.69) is 41.5 Å². The van der Waals surface area contributed by atoms with Crippen LogP contribution in [-0.4, -0.2) is 88.9 Å². The Hall–Kier alpha value is -1.30. The zero-order valence-electron chi connectivity index (χ0n) is 36.3. The molecule has 0 saturated heterocycles. The van der Waals surface area contributed by atoms with Crippen LogP contribution in [0.25, 0.3) is 0 Å². The van der Waals surface area contributed by atoms with Gasteiger partial charge in [0, 0.05) is 12.3 Å². The predicted octanol–water partition coefficient (Wildman–Crippen LogP) is 6.51. The van der Waals surface area contributed by atoms with Crippen LogP contribution < -0.4 is 0 Å². The molecular formula is C48H78O10. The van der Waals surface area contributed by atoms with Gasteiger partial charge in [0.25, 0.3) is 0 Å². The van der Waals surface area contributed by atoms with Gasteiger partial charge in [-0.15, -0.1) is 0 Å². The average Bonchev–Trinajstić information content (AvgIpc) is 3.70. The van der Waals surface area contributed by atoms with Crippen molar-refractivity contribution in [3.63, 3.8) is 0 Å². The lowest BCUT2D eigenvalue weighted by Crippen LogP contribution is -2.64. The smallest absolute Gasteiger partial charge is 0.303 e. The zero-order valence-corrected chi connectivity index (χ0v) is 36.3. The van der Waals surface area contributed by atoms with Crippen molar-refractivity contribution >= 4 is 11.9 Å².